The average molecular weight is 225 g/mol. The van der Waals surface area contributed by atoms with E-state index in [9.17, 15) is 0 Å². The maximum atomic E-state index is 2.59. The topological polar surface area (TPSA) is 12.4 Å². The molecule has 2 saturated heterocycles. The third-order valence-electron chi connectivity index (χ3n) is 3.60. The van der Waals surface area contributed by atoms with Crippen LogP contribution in [0.4, 0.5) is 0 Å². The summed E-state index contributed by atoms with van der Waals surface area (Å²) in [6, 6.07) is 0. The molecule has 0 unspecified atom stereocenters. The zero-order valence-electron chi connectivity index (χ0n) is 11.0. The summed E-state index contributed by atoms with van der Waals surface area (Å²) in [6.45, 7) is 10.9. The normalized spacial score (nSPS) is 24.8. The predicted octanol–water partition coefficient (Wildman–Crippen LogP) is 2.19. The number of hydrogen-bond donors (Lipinski definition) is 0. The van der Waals surface area contributed by atoms with Gasteiger partial charge in [-0.2, -0.15) is 0 Å². The van der Waals surface area contributed by atoms with Gasteiger partial charge in [-0.1, -0.05) is 30.3 Å². The minimum Gasteiger partial charge on any atom is -0.0842 e. The molecule has 16 heavy (non-hydrogen) atoms. The molecule has 3 nitrogen and oxygen atoms in total. The largest absolute Gasteiger partial charge is 0.170 e. The second kappa shape index (κ2) is 5.99. The van der Waals surface area contributed by atoms with E-state index < -0.39 is 0 Å². The van der Waals surface area contributed by atoms with Gasteiger partial charge in [-0.15, -0.1) is 0 Å². The summed E-state index contributed by atoms with van der Waals surface area (Å²) >= 11 is 0. The van der Waals surface area contributed by atoms with E-state index in [2.05, 4.69) is 29.0 Å². The first kappa shape index (κ1) is 12.3. The lowest BCUT2D eigenvalue weighted by atomic mass is 10.1. The second-order valence-electron chi connectivity index (χ2n) is 5.62. The Bertz CT molecular complexity index is 193. The van der Waals surface area contributed by atoms with Crippen LogP contribution >= 0.6 is 0 Å². The van der Waals surface area contributed by atoms with Crippen LogP contribution in [0, 0.1) is 5.92 Å². The highest BCUT2D eigenvalue weighted by Gasteiger charge is 2.36. The van der Waals surface area contributed by atoms with Gasteiger partial charge in [-0.25, -0.2) is 0 Å². The first-order valence-corrected chi connectivity index (χ1v) is 7.04. The van der Waals surface area contributed by atoms with Crippen LogP contribution in [0.15, 0.2) is 0 Å². The molecule has 2 fully saturated rings. The summed E-state index contributed by atoms with van der Waals surface area (Å²) in [6.07, 6.45) is 6.93. The molecule has 2 heterocycles. The van der Waals surface area contributed by atoms with Crippen molar-refractivity contribution < 1.29 is 0 Å². The molecule has 0 bridgehead atoms. The third-order valence-corrected chi connectivity index (χ3v) is 3.60. The van der Waals surface area contributed by atoms with Gasteiger partial charge < -0.3 is 0 Å². The number of piperidine rings is 1. The molecular formula is C13H27N3+. The summed E-state index contributed by atoms with van der Waals surface area (Å²) in [5.41, 5.74) is 0. The Kier molecular flexibility index (Phi) is 4.62. The van der Waals surface area contributed by atoms with Crippen molar-refractivity contribution in [2.24, 2.45) is 5.92 Å². The van der Waals surface area contributed by atoms with Crippen molar-refractivity contribution in [1.82, 2.24) is 15.1 Å². The molecule has 0 N–H and O–H groups in total. The quantitative estimate of drug-likeness (QED) is 0.680. The van der Waals surface area contributed by atoms with E-state index in [1.807, 2.05) is 0 Å². The predicted molar refractivity (Wildman–Crippen MR) is 68.1 cm³/mol. The molecule has 0 aromatic rings. The second-order valence-corrected chi connectivity index (χ2v) is 5.62. The Morgan fingerprint density at radius 2 is 1.25 bits per heavy atom. The van der Waals surface area contributed by atoms with Gasteiger partial charge >= 0.3 is 0 Å². The van der Waals surface area contributed by atoms with Gasteiger partial charge in [-0.05, 0) is 25.7 Å². The van der Waals surface area contributed by atoms with Crippen LogP contribution < -0.4 is 5.12 Å². The smallest absolute Gasteiger partial charge is 0.0842 e. The van der Waals surface area contributed by atoms with Gasteiger partial charge in [0.05, 0.1) is 26.2 Å². The highest BCUT2D eigenvalue weighted by atomic mass is 15.9. The summed E-state index contributed by atoms with van der Waals surface area (Å²) in [5.74, 6) is 0.752. The monoisotopic (exact) mass is 225 g/mol. The Hall–Kier alpha value is -0.120. The number of hydrazine groups is 2. The van der Waals surface area contributed by atoms with Crippen LogP contribution in [-0.4, -0.2) is 42.7 Å². The number of hydrogen-bond acceptors (Lipinski definition) is 3. The Labute approximate surface area is 100 Å². The summed E-state index contributed by atoms with van der Waals surface area (Å²) in [4.78, 5) is 0. The molecule has 0 aromatic heterocycles. The Morgan fingerprint density at radius 1 is 0.812 bits per heavy atom. The molecule has 2 aliphatic heterocycles. The zero-order valence-corrected chi connectivity index (χ0v) is 11.0. The SMILES string of the molecule is CC(C)C[N+](N1CCCCC1)N1CCCC1. The molecule has 0 amide bonds. The maximum Gasteiger partial charge on any atom is 0.170 e. The fourth-order valence-corrected chi connectivity index (χ4v) is 2.78. The van der Waals surface area contributed by atoms with Crippen molar-refractivity contribution in [2.45, 2.75) is 46.0 Å². The molecule has 0 atom stereocenters. The van der Waals surface area contributed by atoms with Crippen LogP contribution in [-0.2, 0) is 0 Å². The van der Waals surface area contributed by atoms with Gasteiger partial charge in [0.15, 0.2) is 6.54 Å². The van der Waals surface area contributed by atoms with E-state index in [1.165, 1.54) is 64.8 Å². The van der Waals surface area contributed by atoms with Crippen molar-refractivity contribution in [3.05, 3.63) is 0 Å². The van der Waals surface area contributed by atoms with Crippen molar-refractivity contribution in [3.8, 4) is 0 Å². The number of rotatable bonds is 4. The van der Waals surface area contributed by atoms with E-state index in [0.717, 1.165) is 5.92 Å². The van der Waals surface area contributed by atoms with Crippen LogP contribution in [0.2, 0.25) is 0 Å². The van der Waals surface area contributed by atoms with Gasteiger partial charge in [0, 0.05) is 11.0 Å². The van der Waals surface area contributed by atoms with Gasteiger partial charge in [-0.3, -0.25) is 0 Å². The average Bonchev–Trinajstić information content (AvgIpc) is 2.80. The highest BCUT2D eigenvalue weighted by Crippen LogP contribution is 2.17. The standard InChI is InChI=1S/C13H27N3/c1-13(2)12-16(15-10-6-7-11-15)14-8-4-3-5-9-14/h13H,3-12H2,1-2H3/q+1. The van der Waals surface area contributed by atoms with Crippen molar-refractivity contribution in [1.29, 1.82) is 0 Å². The minimum atomic E-state index is 0.752. The molecular weight excluding hydrogens is 198 g/mol. The molecule has 0 aromatic carbocycles. The molecule has 0 spiro atoms. The van der Waals surface area contributed by atoms with Gasteiger partial charge in [0.1, 0.15) is 0 Å². The lowest BCUT2D eigenvalue weighted by Crippen LogP contribution is -2.59. The number of nitrogens with zero attached hydrogens (tertiary/aromatic N) is 3. The third kappa shape index (κ3) is 3.19. The lowest BCUT2D eigenvalue weighted by Gasteiger charge is -2.31. The van der Waals surface area contributed by atoms with Crippen molar-refractivity contribution in [2.75, 3.05) is 32.7 Å². The van der Waals surface area contributed by atoms with Gasteiger partial charge in [0.25, 0.3) is 0 Å². The molecule has 0 aliphatic carbocycles. The van der Waals surface area contributed by atoms with E-state index in [1.54, 1.807) is 0 Å². The summed E-state index contributed by atoms with van der Waals surface area (Å²) < 4.78 is 0. The van der Waals surface area contributed by atoms with Crippen LogP contribution in [0.25, 0.3) is 0 Å². The molecule has 2 aliphatic rings. The zero-order chi connectivity index (χ0) is 11.4. The molecule has 2 rings (SSSR count). The Balaban J connectivity index is 1.94. The fourth-order valence-electron chi connectivity index (χ4n) is 2.78. The first-order valence-electron chi connectivity index (χ1n) is 7.04. The lowest BCUT2D eigenvalue weighted by molar-refractivity contribution is -0.0977. The van der Waals surface area contributed by atoms with E-state index in [-0.39, 0.29) is 0 Å². The van der Waals surface area contributed by atoms with Crippen molar-refractivity contribution >= 4 is 0 Å². The summed E-state index contributed by atoms with van der Waals surface area (Å²) in [5, 5.41) is 7.73. The van der Waals surface area contributed by atoms with Crippen LogP contribution in [0.3, 0.4) is 0 Å². The summed E-state index contributed by atoms with van der Waals surface area (Å²) in [7, 11) is 0. The molecule has 0 saturated carbocycles. The highest BCUT2D eigenvalue weighted by molar-refractivity contribution is 4.72. The van der Waals surface area contributed by atoms with E-state index >= 15 is 0 Å². The van der Waals surface area contributed by atoms with Crippen LogP contribution in [0.5, 0.6) is 0 Å². The fraction of sp³-hybridized carbons (Fsp3) is 1.00. The molecule has 3 heteroatoms. The van der Waals surface area contributed by atoms with Crippen molar-refractivity contribution in [3.63, 3.8) is 0 Å². The van der Waals surface area contributed by atoms with Gasteiger partial charge in [0.2, 0.25) is 0 Å². The minimum absolute atomic E-state index is 0.752. The van der Waals surface area contributed by atoms with Crippen LogP contribution in [0.1, 0.15) is 46.0 Å². The first-order chi connectivity index (χ1) is 7.77. The molecule has 93 valence electrons. The van der Waals surface area contributed by atoms with E-state index in [0.29, 0.717) is 0 Å². The maximum absolute atomic E-state index is 2.59. The molecule has 1 radical (unpaired) electrons. The Morgan fingerprint density at radius 3 is 1.69 bits per heavy atom. The van der Waals surface area contributed by atoms with E-state index in [4.69, 9.17) is 0 Å².